The molecular formula is C17H20N4O2. The van der Waals surface area contributed by atoms with Crippen LogP contribution in [0.25, 0.3) is 0 Å². The van der Waals surface area contributed by atoms with Crippen LogP contribution in [0.1, 0.15) is 13.3 Å². The van der Waals surface area contributed by atoms with E-state index < -0.39 is 0 Å². The smallest absolute Gasteiger partial charge is 0.227 e. The zero-order valence-corrected chi connectivity index (χ0v) is 13.1. The second-order valence-electron chi connectivity index (χ2n) is 5.88. The molecule has 0 saturated carbocycles. The number of hydrogen-bond donors (Lipinski definition) is 1. The zero-order chi connectivity index (χ0) is 16.2. The number of rotatable bonds is 5. The van der Waals surface area contributed by atoms with Crippen LogP contribution < -0.4 is 10.2 Å². The molecule has 2 aromatic rings. The molecule has 2 amide bonds. The highest BCUT2D eigenvalue weighted by Gasteiger charge is 2.35. The van der Waals surface area contributed by atoms with Gasteiger partial charge in [0, 0.05) is 37.1 Å². The molecular weight excluding hydrogens is 292 g/mol. The topological polar surface area (TPSA) is 67.2 Å². The molecule has 6 heteroatoms. The molecule has 120 valence electrons. The fourth-order valence-electron chi connectivity index (χ4n) is 2.84. The Balaban J connectivity index is 1.57. The molecule has 2 unspecified atom stereocenters. The summed E-state index contributed by atoms with van der Waals surface area (Å²) in [6.45, 7) is 2.98. The third-order valence-electron chi connectivity index (χ3n) is 3.97. The van der Waals surface area contributed by atoms with Crippen LogP contribution in [0.4, 0.5) is 5.69 Å². The van der Waals surface area contributed by atoms with Gasteiger partial charge in [0.25, 0.3) is 0 Å². The van der Waals surface area contributed by atoms with Crippen molar-refractivity contribution in [3.8, 4) is 0 Å². The normalized spacial score (nSPS) is 18.9. The summed E-state index contributed by atoms with van der Waals surface area (Å²) in [5, 5.41) is 7.10. The van der Waals surface area contributed by atoms with Crippen LogP contribution in [0.3, 0.4) is 0 Å². The maximum atomic E-state index is 12.4. The first-order valence-corrected chi connectivity index (χ1v) is 7.76. The zero-order valence-electron chi connectivity index (χ0n) is 13.1. The Morgan fingerprint density at radius 2 is 2.13 bits per heavy atom. The highest BCUT2D eigenvalue weighted by atomic mass is 16.2. The molecule has 1 aliphatic heterocycles. The van der Waals surface area contributed by atoms with Gasteiger partial charge in [-0.2, -0.15) is 5.10 Å². The quantitative estimate of drug-likeness (QED) is 0.908. The van der Waals surface area contributed by atoms with E-state index in [0.29, 0.717) is 13.1 Å². The van der Waals surface area contributed by atoms with Crippen molar-refractivity contribution in [1.82, 2.24) is 15.1 Å². The van der Waals surface area contributed by atoms with Gasteiger partial charge in [-0.1, -0.05) is 18.2 Å². The Morgan fingerprint density at radius 3 is 2.83 bits per heavy atom. The lowest BCUT2D eigenvalue weighted by Crippen LogP contribution is -2.40. The summed E-state index contributed by atoms with van der Waals surface area (Å²) in [4.78, 5) is 26.2. The van der Waals surface area contributed by atoms with Gasteiger partial charge in [0.15, 0.2) is 0 Å². The molecule has 1 saturated heterocycles. The molecule has 0 spiro atoms. The van der Waals surface area contributed by atoms with E-state index in [0.717, 1.165) is 5.69 Å². The molecule has 3 rings (SSSR count). The Hall–Kier alpha value is -2.63. The second-order valence-corrected chi connectivity index (χ2v) is 5.88. The molecule has 6 nitrogen and oxygen atoms in total. The Morgan fingerprint density at radius 1 is 1.35 bits per heavy atom. The van der Waals surface area contributed by atoms with Crippen molar-refractivity contribution in [3.05, 3.63) is 48.8 Å². The number of hydrogen-bond acceptors (Lipinski definition) is 3. The molecule has 1 aliphatic rings. The standard InChI is InChI=1S/C17H20N4O2/c1-13(11-20-9-5-8-18-20)19-17(23)14-10-16(22)21(12-14)15-6-3-2-4-7-15/h2-9,13-14H,10-12H2,1H3,(H,19,23). The van der Waals surface area contributed by atoms with Crippen LogP contribution in [0.2, 0.25) is 0 Å². The van der Waals surface area contributed by atoms with Crippen molar-refractivity contribution >= 4 is 17.5 Å². The van der Waals surface area contributed by atoms with Crippen LogP contribution in [0, 0.1) is 5.92 Å². The van der Waals surface area contributed by atoms with Gasteiger partial charge in [-0.15, -0.1) is 0 Å². The van der Waals surface area contributed by atoms with E-state index in [2.05, 4.69) is 10.4 Å². The first kappa shape index (κ1) is 15.3. The molecule has 2 atom stereocenters. The Bertz CT molecular complexity index is 669. The third-order valence-corrected chi connectivity index (χ3v) is 3.97. The van der Waals surface area contributed by atoms with Crippen LogP contribution in [-0.2, 0) is 16.1 Å². The van der Waals surface area contributed by atoms with Gasteiger partial charge in [0.05, 0.1) is 12.5 Å². The minimum atomic E-state index is -0.303. The minimum absolute atomic E-state index is 0.00363. The number of nitrogens with one attached hydrogen (secondary N) is 1. The molecule has 2 heterocycles. The largest absolute Gasteiger partial charge is 0.351 e. The summed E-state index contributed by atoms with van der Waals surface area (Å²) < 4.78 is 1.78. The number of aromatic nitrogens is 2. The van der Waals surface area contributed by atoms with Gasteiger partial charge in [-0.25, -0.2) is 0 Å². The van der Waals surface area contributed by atoms with E-state index in [1.807, 2.05) is 49.5 Å². The lowest BCUT2D eigenvalue weighted by molar-refractivity contribution is -0.126. The van der Waals surface area contributed by atoms with Gasteiger partial charge in [0.2, 0.25) is 11.8 Å². The van der Waals surface area contributed by atoms with Crippen LogP contribution in [0.15, 0.2) is 48.8 Å². The Labute approximate surface area is 135 Å². The predicted octanol–water partition coefficient (Wildman–Crippen LogP) is 1.44. The average molecular weight is 312 g/mol. The van der Waals surface area contributed by atoms with Crippen molar-refractivity contribution in [1.29, 1.82) is 0 Å². The molecule has 0 bridgehead atoms. The molecule has 23 heavy (non-hydrogen) atoms. The van der Waals surface area contributed by atoms with E-state index in [4.69, 9.17) is 0 Å². The number of nitrogens with zero attached hydrogens (tertiary/aromatic N) is 3. The summed E-state index contributed by atoms with van der Waals surface area (Å²) >= 11 is 0. The number of carbonyl (C=O) groups is 2. The average Bonchev–Trinajstić information content (AvgIpc) is 3.17. The number of amides is 2. The van der Waals surface area contributed by atoms with Gasteiger partial charge < -0.3 is 10.2 Å². The number of benzene rings is 1. The number of para-hydroxylation sites is 1. The van der Waals surface area contributed by atoms with E-state index >= 15 is 0 Å². The summed E-state index contributed by atoms with van der Waals surface area (Å²) in [5.41, 5.74) is 0.845. The molecule has 1 fully saturated rings. The van der Waals surface area contributed by atoms with Gasteiger partial charge in [-0.05, 0) is 25.1 Å². The van der Waals surface area contributed by atoms with Gasteiger partial charge >= 0.3 is 0 Å². The summed E-state index contributed by atoms with van der Waals surface area (Å²) in [6, 6.07) is 11.3. The fourth-order valence-corrected chi connectivity index (χ4v) is 2.84. The highest BCUT2D eigenvalue weighted by molar-refractivity contribution is 6.00. The molecule has 0 aliphatic carbocycles. The third kappa shape index (κ3) is 3.59. The van der Waals surface area contributed by atoms with Crippen LogP contribution in [0.5, 0.6) is 0 Å². The van der Waals surface area contributed by atoms with Crippen molar-refractivity contribution in [2.24, 2.45) is 5.92 Å². The molecule has 1 aromatic carbocycles. The lowest BCUT2D eigenvalue weighted by Gasteiger charge is -2.18. The summed E-state index contributed by atoms with van der Waals surface area (Å²) in [6.07, 6.45) is 3.83. The van der Waals surface area contributed by atoms with E-state index in [9.17, 15) is 9.59 Å². The molecule has 0 radical (unpaired) electrons. The predicted molar refractivity (Wildman–Crippen MR) is 86.7 cm³/mol. The van der Waals surface area contributed by atoms with Crippen molar-refractivity contribution in [3.63, 3.8) is 0 Å². The van der Waals surface area contributed by atoms with E-state index in [-0.39, 0.29) is 30.2 Å². The van der Waals surface area contributed by atoms with Crippen molar-refractivity contribution < 1.29 is 9.59 Å². The first-order valence-electron chi connectivity index (χ1n) is 7.76. The Kier molecular flexibility index (Phi) is 4.41. The fraction of sp³-hybridized carbons (Fsp3) is 0.353. The molecule has 1 N–H and O–H groups in total. The summed E-state index contributed by atoms with van der Waals surface area (Å²) in [7, 11) is 0. The lowest BCUT2D eigenvalue weighted by atomic mass is 10.1. The van der Waals surface area contributed by atoms with E-state index in [1.54, 1.807) is 15.8 Å². The maximum Gasteiger partial charge on any atom is 0.227 e. The van der Waals surface area contributed by atoms with Crippen LogP contribution in [-0.4, -0.2) is 34.2 Å². The maximum absolute atomic E-state index is 12.4. The van der Waals surface area contributed by atoms with Gasteiger partial charge in [0.1, 0.15) is 0 Å². The minimum Gasteiger partial charge on any atom is -0.351 e. The second kappa shape index (κ2) is 6.64. The van der Waals surface area contributed by atoms with Crippen LogP contribution >= 0.6 is 0 Å². The van der Waals surface area contributed by atoms with Gasteiger partial charge in [-0.3, -0.25) is 14.3 Å². The SMILES string of the molecule is CC(Cn1cccn1)NC(=O)C1CC(=O)N(c2ccccc2)C1. The highest BCUT2D eigenvalue weighted by Crippen LogP contribution is 2.24. The van der Waals surface area contributed by atoms with E-state index in [1.165, 1.54) is 0 Å². The number of carbonyl (C=O) groups excluding carboxylic acids is 2. The first-order chi connectivity index (χ1) is 11.1. The van der Waals surface area contributed by atoms with Crippen molar-refractivity contribution in [2.75, 3.05) is 11.4 Å². The monoisotopic (exact) mass is 312 g/mol. The number of anilines is 1. The summed E-state index contributed by atoms with van der Waals surface area (Å²) in [5.74, 6) is -0.379. The van der Waals surface area contributed by atoms with Crippen molar-refractivity contribution in [2.45, 2.75) is 25.9 Å². The molecule has 1 aromatic heterocycles.